The summed E-state index contributed by atoms with van der Waals surface area (Å²) in [7, 11) is 1.59. The number of hydrogen-bond donors (Lipinski definition) is 1. The van der Waals surface area contributed by atoms with Crippen molar-refractivity contribution in [1.29, 1.82) is 0 Å². The third kappa shape index (κ3) is 7.14. The fraction of sp³-hybridized carbons (Fsp3) is 0.391. The van der Waals surface area contributed by atoms with Gasteiger partial charge in [-0.3, -0.25) is 9.59 Å². The first-order valence-corrected chi connectivity index (χ1v) is 9.93. The van der Waals surface area contributed by atoms with Crippen LogP contribution in [0.5, 0.6) is 11.5 Å². The SMILES string of the molecule is CCCCNC(=O)C(C)N(Cc1ccccc1)C(=O)COc1ccc(OC)cc1. The zero-order valence-electron chi connectivity index (χ0n) is 17.4. The van der Waals surface area contributed by atoms with Gasteiger partial charge in [0, 0.05) is 13.1 Å². The fourth-order valence-corrected chi connectivity index (χ4v) is 2.80. The van der Waals surface area contributed by atoms with Gasteiger partial charge in [0.2, 0.25) is 5.91 Å². The number of nitrogens with one attached hydrogen (secondary N) is 1. The summed E-state index contributed by atoms with van der Waals surface area (Å²) in [5, 5.41) is 2.90. The van der Waals surface area contributed by atoms with E-state index in [0.717, 1.165) is 18.4 Å². The van der Waals surface area contributed by atoms with Gasteiger partial charge < -0.3 is 19.7 Å². The van der Waals surface area contributed by atoms with Crippen LogP contribution in [0, 0.1) is 0 Å². The van der Waals surface area contributed by atoms with Crippen LogP contribution in [0.3, 0.4) is 0 Å². The maximum Gasteiger partial charge on any atom is 0.261 e. The largest absolute Gasteiger partial charge is 0.497 e. The highest BCUT2D eigenvalue weighted by molar-refractivity contribution is 5.87. The molecule has 1 atom stereocenters. The normalized spacial score (nSPS) is 11.4. The zero-order chi connectivity index (χ0) is 21.1. The maximum atomic E-state index is 12.9. The van der Waals surface area contributed by atoms with Crippen molar-refractivity contribution >= 4 is 11.8 Å². The number of ether oxygens (including phenoxy) is 2. The van der Waals surface area contributed by atoms with Gasteiger partial charge in [0.15, 0.2) is 6.61 Å². The molecule has 0 aromatic heterocycles. The molecule has 0 radical (unpaired) electrons. The van der Waals surface area contributed by atoms with Crippen LogP contribution in [0.1, 0.15) is 32.3 Å². The number of carbonyl (C=O) groups excluding carboxylic acids is 2. The Morgan fingerprint density at radius 1 is 1.03 bits per heavy atom. The van der Waals surface area contributed by atoms with Crippen molar-refractivity contribution in [3.05, 3.63) is 60.2 Å². The molecular weight excluding hydrogens is 368 g/mol. The first-order valence-electron chi connectivity index (χ1n) is 9.93. The molecule has 1 unspecified atom stereocenters. The Bertz CT molecular complexity index is 762. The first-order chi connectivity index (χ1) is 14.0. The van der Waals surface area contributed by atoms with Crippen molar-refractivity contribution in [2.45, 2.75) is 39.3 Å². The molecule has 0 saturated heterocycles. The fourth-order valence-electron chi connectivity index (χ4n) is 2.80. The van der Waals surface area contributed by atoms with E-state index in [-0.39, 0.29) is 18.4 Å². The molecular formula is C23H30N2O4. The van der Waals surface area contributed by atoms with Crippen molar-refractivity contribution in [3.63, 3.8) is 0 Å². The quantitative estimate of drug-likeness (QED) is 0.589. The van der Waals surface area contributed by atoms with Crippen molar-refractivity contribution < 1.29 is 19.1 Å². The van der Waals surface area contributed by atoms with E-state index in [1.807, 2.05) is 30.3 Å². The molecule has 0 heterocycles. The first kappa shape index (κ1) is 22.3. The Morgan fingerprint density at radius 3 is 2.31 bits per heavy atom. The summed E-state index contributed by atoms with van der Waals surface area (Å²) in [5.41, 5.74) is 0.957. The highest BCUT2D eigenvalue weighted by atomic mass is 16.5. The summed E-state index contributed by atoms with van der Waals surface area (Å²) in [6.07, 6.45) is 1.91. The molecule has 0 spiro atoms. The minimum absolute atomic E-state index is 0.147. The van der Waals surface area contributed by atoms with Crippen LogP contribution in [-0.2, 0) is 16.1 Å². The summed E-state index contributed by atoms with van der Waals surface area (Å²) >= 11 is 0. The van der Waals surface area contributed by atoms with E-state index >= 15 is 0 Å². The van der Waals surface area contributed by atoms with Gasteiger partial charge in [-0.25, -0.2) is 0 Å². The molecule has 2 aromatic rings. The number of benzene rings is 2. The number of methoxy groups -OCH3 is 1. The molecule has 6 nitrogen and oxygen atoms in total. The average molecular weight is 399 g/mol. The van der Waals surface area contributed by atoms with Gasteiger partial charge in [-0.1, -0.05) is 43.7 Å². The number of amides is 2. The molecule has 156 valence electrons. The highest BCUT2D eigenvalue weighted by Crippen LogP contribution is 2.17. The molecule has 2 aromatic carbocycles. The van der Waals surface area contributed by atoms with Gasteiger partial charge in [-0.05, 0) is 43.2 Å². The standard InChI is InChI=1S/C23H30N2O4/c1-4-5-15-24-23(27)18(2)25(16-19-9-7-6-8-10-19)22(26)17-29-21-13-11-20(28-3)12-14-21/h6-14,18H,4-5,15-17H2,1-3H3,(H,24,27). The summed E-state index contributed by atoms with van der Waals surface area (Å²) in [6.45, 7) is 4.61. The molecule has 0 saturated carbocycles. The van der Waals surface area contributed by atoms with Crippen LogP contribution in [0.4, 0.5) is 0 Å². The number of unbranched alkanes of at least 4 members (excludes halogenated alkanes) is 1. The van der Waals surface area contributed by atoms with Crippen LogP contribution in [0.2, 0.25) is 0 Å². The van der Waals surface area contributed by atoms with Gasteiger partial charge >= 0.3 is 0 Å². The Kier molecular flexibility index (Phi) is 9.02. The average Bonchev–Trinajstić information content (AvgIpc) is 2.76. The van der Waals surface area contributed by atoms with E-state index < -0.39 is 6.04 Å². The third-order valence-corrected chi connectivity index (χ3v) is 4.61. The molecule has 0 aliphatic heterocycles. The lowest BCUT2D eigenvalue weighted by atomic mass is 10.1. The van der Waals surface area contributed by atoms with Crippen LogP contribution >= 0.6 is 0 Å². The molecule has 2 amide bonds. The van der Waals surface area contributed by atoms with E-state index in [1.54, 1.807) is 43.2 Å². The van der Waals surface area contributed by atoms with Gasteiger partial charge in [-0.2, -0.15) is 0 Å². The number of nitrogens with zero attached hydrogens (tertiary/aromatic N) is 1. The predicted molar refractivity (Wildman–Crippen MR) is 113 cm³/mol. The van der Waals surface area contributed by atoms with Crippen molar-refractivity contribution in [1.82, 2.24) is 10.2 Å². The smallest absolute Gasteiger partial charge is 0.261 e. The van der Waals surface area contributed by atoms with Crippen molar-refractivity contribution in [2.24, 2.45) is 0 Å². The molecule has 29 heavy (non-hydrogen) atoms. The third-order valence-electron chi connectivity index (χ3n) is 4.61. The summed E-state index contributed by atoms with van der Waals surface area (Å²) in [4.78, 5) is 27.0. The molecule has 0 aliphatic rings. The van der Waals surface area contributed by atoms with Crippen molar-refractivity contribution in [2.75, 3.05) is 20.3 Å². The summed E-state index contributed by atoms with van der Waals surface area (Å²) in [5.74, 6) is 0.876. The van der Waals surface area contributed by atoms with E-state index in [4.69, 9.17) is 9.47 Å². The van der Waals surface area contributed by atoms with Gasteiger partial charge in [0.1, 0.15) is 17.5 Å². The second kappa shape index (κ2) is 11.7. The Labute approximate surface area is 172 Å². The Hall–Kier alpha value is -3.02. The lowest BCUT2D eigenvalue weighted by Crippen LogP contribution is -2.49. The Balaban J connectivity index is 2.05. The lowest BCUT2D eigenvalue weighted by Gasteiger charge is -2.28. The predicted octanol–water partition coefficient (Wildman–Crippen LogP) is 3.41. The van der Waals surface area contributed by atoms with Crippen LogP contribution in [0.25, 0.3) is 0 Å². The molecule has 0 fully saturated rings. The maximum absolute atomic E-state index is 12.9. The van der Waals surface area contributed by atoms with E-state index in [0.29, 0.717) is 24.6 Å². The monoisotopic (exact) mass is 398 g/mol. The van der Waals surface area contributed by atoms with Gasteiger partial charge in [0.05, 0.1) is 7.11 Å². The zero-order valence-corrected chi connectivity index (χ0v) is 17.4. The minimum atomic E-state index is -0.598. The molecule has 0 bridgehead atoms. The lowest BCUT2D eigenvalue weighted by molar-refractivity contribution is -0.142. The molecule has 1 N–H and O–H groups in total. The second-order valence-corrected chi connectivity index (χ2v) is 6.79. The van der Waals surface area contributed by atoms with E-state index in [1.165, 1.54) is 0 Å². The Morgan fingerprint density at radius 2 is 1.69 bits per heavy atom. The van der Waals surface area contributed by atoms with Crippen LogP contribution < -0.4 is 14.8 Å². The number of rotatable bonds is 11. The minimum Gasteiger partial charge on any atom is -0.497 e. The van der Waals surface area contributed by atoms with E-state index in [2.05, 4.69) is 12.2 Å². The topological polar surface area (TPSA) is 67.9 Å². The molecule has 6 heteroatoms. The van der Waals surface area contributed by atoms with Crippen molar-refractivity contribution in [3.8, 4) is 11.5 Å². The second-order valence-electron chi connectivity index (χ2n) is 6.79. The van der Waals surface area contributed by atoms with Crippen LogP contribution in [0.15, 0.2) is 54.6 Å². The van der Waals surface area contributed by atoms with Crippen LogP contribution in [-0.4, -0.2) is 43.0 Å². The van der Waals surface area contributed by atoms with E-state index in [9.17, 15) is 9.59 Å². The molecule has 2 rings (SSSR count). The highest BCUT2D eigenvalue weighted by Gasteiger charge is 2.26. The molecule has 0 aliphatic carbocycles. The summed E-state index contributed by atoms with van der Waals surface area (Å²) in [6, 6.07) is 16.1. The summed E-state index contributed by atoms with van der Waals surface area (Å²) < 4.78 is 10.8. The van der Waals surface area contributed by atoms with Gasteiger partial charge in [-0.15, -0.1) is 0 Å². The number of carbonyl (C=O) groups is 2. The number of hydrogen-bond acceptors (Lipinski definition) is 4. The van der Waals surface area contributed by atoms with Gasteiger partial charge in [0.25, 0.3) is 5.91 Å².